The van der Waals surface area contributed by atoms with E-state index >= 15 is 0 Å². The summed E-state index contributed by atoms with van der Waals surface area (Å²) in [5, 5.41) is 11.0. The first-order valence-corrected chi connectivity index (χ1v) is 14.0. The Bertz CT molecular complexity index is 1110. The molecule has 0 fully saturated rings. The van der Waals surface area contributed by atoms with E-state index in [9.17, 15) is 19.5 Å². The molecule has 0 radical (unpaired) electrons. The van der Waals surface area contributed by atoms with Gasteiger partial charge >= 0.3 is 0 Å². The zero-order chi connectivity index (χ0) is 26.2. The zero-order valence-corrected chi connectivity index (χ0v) is 23.0. The summed E-state index contributed by atoms with van der Waals surface area (Å²) < 4.78 is 0. The minimum absolute atomic E-state index is 0.0720. The second-order valence-corrected chi connectivity index (χ2v) is 11.5. The summed E-state index contributed by atoms with van der Waals surface area (Å²) in [5.74, 6) is 1.02. The zero-order valence-electron chi connectivity index (χ0n) is 21.3. The summed E-state index contributed by atoms with van der Waals surface area (Å²) in [4.78, 5) is 39.3. The number of hydrogen-bond donors (Lipinski definition) is 1. The molecule has 192 valence electrons. The smallest absolute Gasteiger partial charge is 0.185 e. The molecule has 1 aliphatic rings. The van der Waals surface area contributed by atoms with Gasteiger partial charge in [-0.05, 0) is 48.2 Å². The lowest BCUT2D eigenvalue weighted by atomic mass is 9.75. The van der Waals surface area contributed by atoms with Gasteiger partial charge in [0, 0.05) is 63.9 Å². The molecular formula is C28H34N2O4S2. The Balaban J connectivity index is 1.59. The van der Waals surface area contributed by atoms with Crippen LogP contribution in [0.2, 0.25) is 0 Å². The number of aliphatic hydroxyl groups excluding tert-OH is 1. The molecule has 1 aliphatic carbocycles. The van der Waals surface area contributed by atoms with Crippen molar-refractivity contribution in [3.05, 3.63) is 65.4 Å². The first-order valence-electron chi connectivity index (χ1n) is 12.1. The maximum atomic E-state index is 13.0. The van der Waals surface area contributed by atoms with Crippen LogP contribution in [-0.2, 0) is 14.4 Å². The highest BCUT2D eigenvalue weighted by Crippen LogP contribution is 2.43. The second kappa shape index (κ2) is 13.0. The number of aliphatic hydroxyl groups is 1. The van der Waals surface area contributed by atoms with Crippen molar-refractivity contribution < 1.29 is 19.5 Å². The predicted molar refractivity (Wildman–Crippen MR) is 152 cm³/mol. The van der Waals surface area contributed by atoms with Crippen LogP contribution in [-0.4, -0.2) is 59.8 Å². The first kappa shape index (κ1) is 27.9. The van der Waals surface area contributed by atoms with Gasteiger partial charge in [-0.25, -0.2) is 0 Å². The molecule has 2 aromatic rings. The molecule has 1 N–H and O–H groups in total. The van der Waals surface area contributed by atoms with Gasteiger partial charge in [0.25, 0.3) is 0 Å². The second-order valence-electron chi connectivity index (χ2n) is 8.93. The minimum atomic E-state index is -0.618. The van der Waals surface area contributed by atoms with Gasteiger partial charge in [-0.15, -0.1) is 0 Å². The average molecular weight is 527 g/mol. The number of thioether (sulfide) groups is 2. The molecular weight excluding hydrogens is 492 g/mol. The third-order valence-electron chi connectivity index (χ3n) is 6.19. The number of benzene rings is 2. The number of ketones is 1. The first-order chi connectivity index (χ1) is 17.2. The molecule has 1 unspecified atom stereocenters. The summed E-state index contributed by atoms with van der Waals surface area (Å²) >= 11 is 2.68. The van der Waals surface area contributed by atoms with Crippen molar-refractivity contribution in [3.8, 4) is 0 Å². The van der Waals surface area contributed by atoms with E-state index in [0.717, 1.165) is 59.9 Å². The monoisotopic (exact) mass is 526 g/mol. The molecule has 0 aliphatic heterocycles. The third-order valence-corrected chi connectivity index (χ3v) is 7.99. The van der Waals surface area contributed by atoms with Crippen molar-refractivity contribution in [1.82, 2.24) is 0 Å². The maximum absolute atomic E-state index is 13.0. The molecule has 6 nitrogen and oxygen atoms in total. The van der Waals surface area contributed by atoms with Crippen molar-refractivity contribution >= 4 is 56.5 Å². The number of hydrogen-bond acceptors (Lipinski definition) is 8. The Morgan fingerprint density at radius 3 is 1.67 bits per heavy atom. The molecule has 0 heterocycles. The summed E-state index contributed by atoms with van der Waals surface area (Å²) in [5.41, 5.74) is 3.94. The van der Waals surface area contributed by atoms with Crippen molar-refractivity contribution in [2.24, 2.45) is 0 Å². The van der Waals surface area contributed by atoms with Gasteiger partial charge in [-0.3, -0.25) is 14.4 Å². The van der Waals surface area contributed by atoms with Crippen LogP contribution >= 0.6 is 23.5 Å². The number of Topliss-reactive ketones (excluding diaryl/α,β-unsaturated/α-hetero) is 1. The van der Waals surface area contributed by atoms with Crippen LogP contribution in [0.1, 0.15) is 43.7 Å². The third kappa shape index (κ3) is 7.17. The van der Waals surface area contributed by atoms with Gasteiger partial charge in [0.2, 0.25) is 0 Å². The Hall–Kier alpha value is -2.71. The fourth-order valence-corrected chi connectivity index (χ4v) is 5.28. The van der Waals surface area contributed by atoms with Gasteiger partial charge in [0.1, 0.15) is 11.7 Å². The molecule has 3 rings (SSSR count). The van der Waals surface area contributed by atoms with Crippen molar-refractivity contribution in [3.63, 3.8) is 0 Å². The fourth-order valence-electron chi connectivity index (χ4n) is 4.16. The van der Waals surface area contributed by atoms with Crippen molar-refractivity contribution in [1.29, 1.82) is 0 Å². The van der Waals surface area contributed by atoms with Crippen LogP contribution in [0.5, 0.6) is 0 Å². The van der Waals surface area contributed by atoms with E-state index in [1.807, 2.05) is 62.6 Å². The molecule has 8 heteroatoms. The number of allylic oxidation sites excluding steroid dienone is 2. The highest BCUT2D eigenvalue weighted by molar-refractivity contribution is 8.13. The molecule has 36 heavy (non-hydrogen) atoms. The lowest BCUT2D eigenvalue weighted by Crippen LogP contribution is -2.28. The van der Waals surface area contributed by atoms with E-state index in [1.54, 1.807) is 13.8 Å². The quantitative estimate of drug-likeness (QED) is 0.362. The van der Waals surface area contributed by atoms with E-state index in [1.165, 1.54) is 23.5 Å². The van der Waals surface area contributed by atoms with Crippen LogP contribution in [0.4, 0.5) is 11.4 Å². The van der Waals surface area contributed by atoms with Crippen molar-refractivity contribution in [2.45, 2.75) is 32.6 Å². The van der Waals surface area contributed by atoms with Crippen LogP contribution in [0.15, 0.2) is 54.3 Å². The number of rotatable bonds is 12. The Morgan fingerprint density at radius 2 is 1.25 bits per heavy atom. The fraction of sp³-hybridized carbons (Fsp3) is 0.393. The standard InChI is InChI=1S/C28H34N2O4S2/c1-19(31)35-17-5-15-29(3)23-11-7-21(8-12-23)25-27(33)26(28(25)34)22-9-13-24(14-10-22)30(4)16-6-18-36-20(2)32/h7-14,25,33H,5-6,15-18H2,1-4H3. The molecule has 0 saturated carbocycles. The predicted octanol–water partition coefficient (Wildman–Crippen LogP) is 5.53. The van der Waals surface area contributed by atoms with Crippen LogP contribution in [0.3, 0.4) is 0 Å². The van der Waals surface area contributed by atoms with E-state index in [0.29, 0.717) is 5.57 Å². The SMILES string of the molecule is CC(=O)SCCCN(C)c1ccc(C2=C(O)C(c3ccc(N(C)CCCSC(C)=O)cc3)C2=O)cc1. The van der Waals surface area contributed by atoms with Crippen LogP contribution in [0.25, 0.3) is 5.57 Å². The number of anilines is 2. The average Bonchev–Trinajstić information content (AvgIpc) is 2.85. The Labute approximate surface area is 222 Å². The number of carbonyl (C=O) groups excluding carboxylic acids is 3. The minimum Gasteiger partial charge on any atom is -0.510 e. The number of carbonyl (C=O) groups is 3. The van der Waals surface area contributed by atoms with Gasteiger partial charge < -0.3 is 14.9 Å². The van der Waals surface area contributed by atoms with E-state index in [4.69, 9.17) is 0 Å². The van der Waals surface area contributed by atoms with Crippen molar-refractivity contribution in [2.75, 3.05) is 48.5 Å². The highest BCUT2D eigenvalue weighted by Gasteiger charge is 2.41. The molecule has 0 amide bonds. The van der Waals surface area contributed by atoms with E-state index in [-0.39, 0.29) is 21.8 Å². The van der Waals surface area contributed by atoms with E-state index < -0.39 is 5.92 Å². The molecule has 0 aromatic heterocycles. The summed E-state index contributed by atoms with van der Waals surface area (Å²) in [6.07, 6.45) is 1.81. The molecule has 1 atom stereocenters. The lowest BCUT2D eigenvalue weighted by Gasteiger charge is -2.29. The van der Waals surface area contributed by atoms with Gasteiger partial charge in [0.15, 0.2) is 16.0 Å². The largest absolute Gasteiger partial charge is 0.510 e. The molecule has 2 aromatic carbocycles. The molecule has 0 spiro atoms. The lowest BCUT2D eigenvalue weighted by molar-refractivity contribution is -0.116. The molecule has 0 bridgehead atoms. The number of nitrogens with zero attached hydrogens (tertiary/aromatic N) is 2. The van der Waals surface area contributed by atoms with Gasteiger partial charge in [-0.1, -0.05) is 47.8 Å². The van der Waals surface area contributed by atoms with Crippen LogP contribution in [0, 0.1) is 0 Å². The Morgan fingerprint density at radius 1 is 0.806 bits per heavy atom. The maximum Gasteiger partial charge on any atom is 0.185 e. The van der Waals surface area contributed by atoms with Crippen LogP contribution < -0.4 is 9.80 Å². The summed E-state index contributed by atoms with van der Waals surface area (Å²) in [6, 6.07) is 15.4. The highest BCUT2D eigenvalue weighted by atomic mass is 32.2. The summed E-state index contributed by atoms with van der Waals surface area (Å²) in [6.45, 7) is 4.83. The Kier molecular flexibility index (Phi) is 10.1. The summed E-state index contributed by atoms with van der Waals surface area (Å²) in [7, 11) is 4.00. The van der Waals surface area contributed by atoms with Gasteiger partial charge in [0.05, 0.1) is 5.57 Å². The van der Waals surface area contributed by atoms with E-state index in [2.05, 4.69) is 9.80 Å². The molecule has 0 saturated heterocycles. The normalized spacial score (nSPS) is 15.0. The topological polar surface area (TPSA) is 77.9 Å². The van der Waals surface area contributed by atoms with Gasteiger partial charge in [-0.2, -0.15) is 0 Å².